The van der Waals surface area contributed by atoms with Crippen LogP contribution in [-0.2, 0) is 0 Å². The first kappa shape index (κ1) is 9.92. The molecule has 0 aliphatic carbocycles. The highest BCUT2D eigenvalue weighted by Gasteiger charge is 1.92. The number of hydrogen-bond donors (Lipinski definition) is 1. The van der Waals surface area contributed by atoms with Crippen molar-refractivity contribution in [1.82, 2.24) is 15.3 Å². The van der Waals surface area contributed by atoms with Gasteiger partial charge in [0.25, 0.3) is 0 Å². The van der Waals surface area contributed by atoms with Gasteiger partial charge in [-0.3, -0.25) is 0 Å². The van der Waals surface area contributed by atoms with E-state index in [1.165, 1.54) is 0 Å². The van der Waals surface area contributed by atoms with Crippen LogP contribution in [0.15, 0.2) is 18.5 Å². The van der Waals surface area contributed by atoms with E-state index in [1.54, 1.807) is 18.5 Å². The van der Waals surface area contributed by atoms with Crippen molar-refractivity contribution in [2.24, 2.45) is 0 Å². The van der Waals surface area contributed by atoms with Crippen LogP contribution >= 0.6 is 0 Å². The Bertz CT molecular complexity index is 215. The zero-order chi connectivity index (χ0) is 9.36. The van der Waals surface area contributed by atoms with E-state index in [4.69, 9.17) is 4.74 Å². The number of nitrogens with zero attached hydrogens (tertiary/aromatic N) is 2. The summed E-state index contributed by atoms with van der Waals surface area (Å²) in [6.07, 6.45) is 4.48. The van der Waals surface area contributed by atoms with E-state index in [9.17, 15) is 0 Å². The van der Waals surface area contributed by atoms with Gasteiger partial charge in [-0.05, 0) is 19.0 Å². The molecule has 0 fully saturated rings. The molecule has 0 aromatic carbocycles. The number of hydrogen-bond acceptors (Lipinski definition) is 4. The minimum atomic E-state index is 0.445. The fourth-order valence-corrected chi connectivity index (χ4v) is 0.876. The number of ether oxygens (including phenoxy) is 1. The van der Waals surface area contributed by atoms with Crippen LogP contribution in [0.2, 0.25) is 0 Å². The van der Waals surface area contributed by atoms with Crippen molar-refractivity contribution >= 4 is 0 Å². The SMILES string of the molecule is CCCNCCOc1ncccn1. The van der Waals surface area contributed by atoms with Gasteiger partial charge in [0.2, 0.25) is 0 Å². The average molecular weight is 181 g/mol. The molecule has 0 unspecified atom stereocenters. The quantitative estimate of drug-likeness (QED) is 0.661. The summed E-state index contributed by atoms with van der Waals surface area (Å²) >= 11 is 0. The molecule has 0 saturated carbocycles. The van der Waals surface area contributed by atoms with Crippen LogP contribution in [0.3, 0.4) is 0 Å². The zero-order valence-corrected chi connectivity index (χ0v) is 7.86. The summed E-state index contributed by atoms with van der Waals surface area (Å²) in [5, 5.41) is 3.22. The molecule has 1 rings (SSSR count). The van der Waals surface area contributed by atoms with Crippen molar-refractivity contribution in [2.45, 2.75) is 13.3 Å². The maximum Gasteiger partial charge on any atom is 0.316 e. The topological polar surface area (TPSA) is 47.0 Å². The molecule has 0 amide bonds. The Morgan fingerprint density at radius 2 is 2.08 bits per heavy atom. The van der Waals surface area contributed by atoms with Gasteiger partial charge in [0.1, 0.15) is 6.61 Å². The number of aromatic nitrogens is 2. The molecular weight excluding hydrogens is 166 g/mol. The van der Waals surface area contributed by atoms with Crippen LogP contribution in [0, 0.1) is 0 Å². The monoisotopic (exact) mass is 181 g/mol. The lowest BCUT2D eigenvalue weighted by atomic mass is 10.5. The highest BCUT2D eigenvalue weighted by atomic mass is 16.5. The smallest absolute Gasteiger partial charge is 0.316 e. The summed E-state index contributed by atoms with van der Waals surface area (Å²) in [4.78, 5) is 7.87. The zero-order valence-electron chi connectivity index (χ0n) is 7.86. The molecule has 1 heterocycles. The molecule has 1 N–H and O–H groups in total. The largest absolute Gasteiger partial charge is 0.462 e. The molecule has 0 aliphatic rings. The second-order valence-electron chi connectivity index (χ2n) is 2.63. The molecular formula is C9H15N3O. The van der Waals surface area contributed by atoms with Crippen molar-refractivity contribution in [2.75, 3.05) is 19.7 Å². The predicted molar refractivity (Wildman–Crippen MR) is 50.7 cm³/mol. The molecule has 4 heteroatoms. The van der Waals surface area contributed by atoms with Crippen LogP contribution in [0.4, 0.5) is 0 Å². The Balaban J connectivity index is 2.07. The normalized spacial score (nSPS) is 9.92. The van der Waals surface area contributed by atoms with Crippen LogP contribution in [0.25, 0.3) is 0 Å². The molecule has 72 valence electrons. The van der Waals surface area contributed by atoms with Crippen LogP contribution in [0.1, 0.15) is 13.3 Å². The van der Waals surface area contributed by atoms with Crippen LogP contribution in [0.5, 0.6) is 6.01 Å². The summed E-state index contributed by atoms with van der Waals surface area (Å²) in [5.41, 5.74) is 0. The first-order chi connectivity index (χ1) is 6.43. The lowest BCUT2D eigenvalue weighted by Crippen LogP contribution is -2.21. The first-order valence-corrected chi connectivity index (χ1v) is 4.54. The Morgan fingerprint density at radius 1 is 1.31 bits per heavy atom. The van der Waals surface area contributed by atoms with Crippen molar-refractivity contribution in [1.29, 1.82) is 0 Å². The highest BCUT2D eigenvalue weighted by Crippen LogP contribution is 1.95. The van der Waals surface area contributed by atoms with Crippen LogP contribution in [-0.4, -0.2) is 29.7 Å². The maximum absolute atomic E-state index is 5.27. The van der Waals surface area contributed by atoms with Crippen LogP contribution < -0.4 is 10.1 Å². The molecule has 0 radical (unpaired) electrons. The van der Waals surface area contributed by atoms with E-state index in [2.05, 4.69) is 22.2 Å². The molecule has 0 aliphatic heterocycles. The van der Waals surface area contributed by atoms with E-state index >= 15 is 0 Å². The van der Waals surface area contributed by atoms with E-state index < -0.39 is 0 Å². The molecule has 1 aromatic heterocycles. The summed E-state index contributed by atoms with van der Waals surface area (Å²) in [6, 6.07) is 2.21. The van der Waals surface area contributed by atoms with Gasteiger partial charge in [0.05, 0.1) is 0 Å². The maximum atomic E-state index is 5.27. The summed E-state index contributed by atoms with van der Waals surface area (Å²) < 4.78 is 5.27. The van der Waals surface area contributed by atoms with E-state index in [1.807, 2.05) is 0 Å². The fourth-order valence-electron chi connectivity index (χ4n) is 0.876. The summed E-state index contributed by atoms with van der Waals surface area (Å²) in [6.45, 7) is 4.61. The lowest BCUT2D eigenvalue weighted by molar-refractivity contribution is 0.290. The predicted octanol–water partition coefficient (Wildman–Crippen LogP) is 0.855. The van der Waals surface area contributed by atoms with Crippen molar-refractivity contribution < 1.29 is 4.74 Å². The van der Waals surface area contributed by atoms with Crippen molar-refractivity contribution in [3.05, 3.63) is 18.5 Å². The Hall–Kier alpha value is -1.16. The molecule has 1 aromatic rings. The Morgan fingerprint density at radius 3 is 2.77 bits per heavy atom. The van der Waals surface area contributed by atoms with Gasteiger partial charge in [-0.25, -0.2) is 9.97 Å². The standard InChI is InChI=1S/C9H15N3O/c1-2-4-10-7-8-13-9-11-5-3-6-12-9/h3,5-6,10H,2,4,7-8H2,1H3. The van der Waals surface area contributed by atoms with Gasteiger partial charge < -0.3 is 10.1 Å². The van der Waals surface area contributed by atoms with Gasteiger partial charge in [0, 0.05) is 18.9 Å². The first-order valence-electron chi connectivity index (χ1n) is 4.54. The van der Waals surface area contributed by atoms with Gasteiger partial charge >= 0.3 is 6.01 Å². The minimum absolute atomic E-state index is 0.445. The third kappa shape index (κ3) is 4.42. The van der Waals surface area contributed by atoms with Crippen molar-refractivity contribution in [3.63, 3.8) is 0 Å². The van der Waals surface area contributed by atoms with Gasteiger partial charge in [-0.2, -0.15) is 0 Å². The average Bonchev–Trinajstić information content (AvgIpc) is 2.19. The third-order valence-corrected chi connectivity index (χ3v) is 1.48. The molecule has 4 nitrogen and oxygen atoms in total. The molecule has 0 spiro atoms. The molecule has 0 bridgehead atoms. The third-order valence-electron chi connectivity index (χ3n) is 1.48. The van der Waals surface area contributed by atoms with Gasteiger partial charge in [0.15, 0.2) is 0 Å². The Labute approximate surface area is 78.4 Å². The van der Waals surface area contributed by atoms with Crippen molar-refractivity contribution in [3.8, 4) is 6.01 Å². The number of rotatable bonds is 6. The van der Waals surface area contributed by atoms with E-state index in [0.717, 1.165) is 19.5 Å². The Kier molecular flexibility index (Phi) is 4.86. The lowest BCUT2D eigenvalue weighted by Gasteiger charge is -2.03. The molecule has 0 saturated heterocycles. The fraction of sp³-hybridized carbons (Fsp3) is 0.556. The molecule has 13 heavy (non-hydrogen) atoms. The van der Waals surface area contributed by atoms with Gasteiger partial charge in [-0.1, -0.05) is 6.92 Å². The summed E-state index contributed by atoms with van der Waals surface area (Å²) in [5.74, 6) is 0. The second kappa shape index (κ2) is 6.37. The molecule has 0 atom stereocenters. The highest BCUT2D eigenvalue weighted by molar-refractivity contribution is 4.92. The van der Waals surface area contributed by atoms with Gasteiger partial charge in [-0.15, -0.1) is 0 Å². The number of nitrogens with one attached hydrogen (secondary N) is 1. The second-order valence-corrected chi connectivity index (χ2v) is 2.63. The summed E-state index contributed by atoms with van der Waals surface area (Å²) in [7, 11) is 0. The van der Waals surface area contributed by atoms with E-state index in [-0.39, 0.29) is 0 Å². The van der Waals surface area contributed by atoms with E-state index in [0.29, 0.717) is 12.6 Å². The minimum Gasteiger partial charge on any atom is -0.462 e.